The van der Waals surface area contributed by atoms with Crippen molar-refractivity contribution in [3.63, 3.8) is 0 Å². The fourth-order valence-corrected chi connectivity index (χ4v) is 6.01. The normalized spacial score (nSPS) is 19.4. The highest BCUT2D eigenvalue weighted by atomic mass is 32.2. The van der Waals surface area contributed by atoms with Crippen LogP contribution in [0.1, 0.15) is 71.3 Å². The van der Waals surface area contributed by atoms with Gasteiger partial charge in [0.2, 0.25) is 0 Å². The lowest BCUT2D eigenvalue weighted by Crippen LogP contribution is -2.52. The van der Waals surface area contributed by atoms with E-state index in [0.717, 1.165) is 24.2 Å². The first-order valence-electron chi connectivity index (χ1n) is 13.0. The highest BCUT2D eigenvalue weighted by molar-refractivity contribution is 8.00. The molecule has 1 aliphatic carbocycles. The Balaban J connectivity index is 1.63. The number of methoxy groups -OCH3 is 1. The van der Waals surface area contributed by atoms with Gasteiger partial charge in [0, 0.05) is 18.8 Å². The smallest absolute Gasteiger partial charge is 0.411 e. The zero-order valence-corrected chi connectivity index (χ0v) is 23.6. The number of amides is 2. The molecule has 1 heterocycles. The summed E-state index contributed by atoms with van der Waals surface area (Å²) in [6, 6.07) is 7.56. The summed E-state index contributed by atoms with van der Waals surface area (Å²) < 4.78 is 10.8. The molecule has 0 radical (unpaired) electrons. The average Bonchev–Trinajstić information content (AvgIpc) is 3.35. The van der Waals surface area contributed by atoms with Crippen molar-refractivity contribution in [2.24, 2.45) is 5.92 Å². The average molecular weight is 536 g/mol. The number of thioether (sulfide) groups is 1. The third-order valence-electron chi connectivity index (χ3n) is 6.59. The van der Waals surface area contributed by atoms with Gasteiger partial charge in [-0.3, -0.25) is 9.69 Å². The van der Waals surface area contributed by atoms with Gasteiger partial charge in [-0.15, -0.1) is 11.8 Å². The number of ether oxygens (including phenoxy) is 2. The molecule has 1 saturated heterocycles. The van der Waals surface area contributed by atoms with Crippen LogP contribution in [0.15, 0.2) is 24.3 Å². The van der Waals surface area contributed by atoms with Gasteiger partial charge in [-0.05, 0) is 57.2 Å². The number of nitrogens with zero attached hydrogens (tertiary/aromatic N) is 1. The number of rotatable bonds is 9. The third-order valence-corrected chi connectivity index (χ3v) is 8.22. The molecule has 9 heteroatoms. The summed E-state index contributed by atoms with van der Waals surface area (Å²) in [6.45, 7) is 6.55. The van der Waals surface area contributed by atoms with Gasteiger partial charge in [0.05, 0.1) is 18.1 Å². The maximum atomic E-state index is 13.4. The number of nitrogens with one attached hydrogen (secondary N) is 2. The zero-order chi connectivity index (χ0) is 26.1. The van der Waals surface area contributed by atoms with Gasteiger partial charge in [0.1, 0.15) is 11.4 Å². The van der Waals surface area contributed by atoms with Gasteiger partial charge in [-0.25, -0.2) is 4.79 Å². The van der Waals surface area contributed by atoms with Crippen LogP contribution in [-0.4, -0.2) is 58.3 Å². The molecule has 2 aliphatic rings. The lowest BCUT2D eigenvalue weighted by atomic mass is 9.85. The third kappa shape index (κ3) is 8.83. The van der Waals surface area contributed by atoms with Gasteiger partial charge >= 0.3 is 6.09 Å². The Kier molecular flexibility index (Phi) is 10.7. The van der Waals surface area contributed by atoms with Gasteiger partial charge in [0.25, 0.3) is 5.91 Å². The number of carbonyl (C=O) groups is 2. The minimum absolute atomic E-state index is 0.189. The molecular formula is C27H41N3O4S2. The Hall–Kier alpha value is -2.00. The lowest BCUT2D eigenvalue weighted by molar-refractivity contribution is -0.123. The van der Waals surface area contributed by atoms with E-state index in [-0.39, 0.29) is 11.9 Å². The van der Waals surface area contributed by atoms with Crippen LogP contribution in [0, 0.1) is 5.92 Å². The van der Waals surface area contributed by atoms with Gasteiger partial charge in [0.15, 0.2) is 5.37 Å². The van der Waals surface area contributed by atoms with Crippen LogP contribution in [0.3, 0.4) is 0 Å². The Labute approximate surface area is 225 Å². The summed E-state index contributed by atoms with van der Waals surface area (Å²) in [5, 5.41) is 5.91. The first-order chi connectivity index (χ1) is 17.2. The van der Waals surface area contributed by atoms with Gasteiger partial charge < -0.3 is 20.1 Å². The van der Waals surface area contributed by atoms with Crippen molar-refractivity contribution in [2.45, 2.75) is 89.3 Å². The van der Waals surface area contributed by atoms with E-state index < -0.39 is 17.1 Å². The van der Waals surface area contributed by atoms with E-state index in [9.17, 15) is 9.59 Å². The SMILES string of the molecule is COc1ccc(CNC(=S)[C@H](CCC2CCCCC2)NC(=O)C2SCCN2C(=O)OC(C)(C)C)cc1. The van der Waals surface area contributed by atoms with Crippen LogP contribution >= 0.6 is 24.0 Å². The predicted molar refractivity (Wildman–Crippen MR) is 149 cm³/mol. The molecular weight excluding hydrogens is 494 g/mol. The second kappa shape index (κ2) is 13.5. The van der Waals surface area contributed by atoms with E-state index >= 15 is 0 Å². The number of thiocarbonyl (C=S) groups is 1. The monoisotopic (exact) mass is 535 g/mol. The molecule has 1 aromatic carbocycles. The van der Waals surface area contributed by atoms with Crippen molar-refractivity contribution >= 4 is 41.0 Å². The predicted octanol–water partition coefficient (Wildman–Crippen LogP) is 5.27. The number of carbonyl (C=O) groups excluding carboxylic acids is 2. The second-order valence-electron chi connectivity index (χ2n) is 10.6. The molecule has 2 N–H and O–H groups in total. The number of hydrogen-bond donors (Lipinski definition) is 2. The number of benzene rings is 1. The molecule has 7 nitrogen and oxygen atoms in total. The molecule has 200 valence electrons. The van der Waals surface area contributed by atoms with Crippen LogP contribution in [-0.2, 0) is 16.1 Å². The van der Waals surface area contributed by atoms with Crippen LogP contribution in [0.25, 0.3) is 0 Å². The van der Waals surface area contributed by atoms with Crippen molar-refractivity contribution in [1.82, 2.24) is 15.5 Å². The second-order valence-corrected chi connectivity index (χ2v) is 12.2. The minimum Gasteiger partial charge on any atom is -0.497 e. The van der Waals surface area contributed by atoms with E-state index in [2.05, 4.69) is 10.6 Å². The van der Waals surface area contributed by atoms with E-state index in [1.165, 1.54) is 48.8 Å². The van der Waals surface area contributed by atoms with Gasteiger partial charge in [-0.1, -0.05) is 56.5 Å². The summed E-state index contributed by atoms with van der Waals surface area (Å²) in [4.78, 5) is 28.2. The van der Waals surface area contributed by atoms with Crippen molar-refractivity contribution in [3.8, 4) is 5.75 Å². The Morgan fingerprint density at radius 2 is 1.86 bits per heavy atom. The standard InChI is InChI=1S/C27H41N3O4S2/c1-27(2,3)34-26(32)30-16-17-36-25(30)23(31)29-22(15-12-19-8-6-5-7-9-19)24(35)28-18-20-10-13-21(33-4)14-11-20/h10-11,13-14,19,22,25H,5-9,12,15-18H2,1-4H3,(H,28,35)(H,29,31)/t22-,25?/m0/s1. The summed E-state index contributed by atoms with van der Waals surface area (Å²) in [7, 11) is 1.65. The summed E-state index contributed by atoms with van der Waals surface area (Å²) >= 11 is 7.24. The Morgan fingerprint density at radius 1 is 1.17 bits per heavy atom. The Morgan fingerprint density at radius 3 is 2.50 bits per heavy atom. The molecule has 2 fully saturated rings. The molecule has 1 saturated carbocycles. The summed E-state index contributed by atoms with van der Waals surface area (Å²) in [5.41, 5.74) is 0.471. The number of hydrogen-bond acceptors (Lipinski definition) is 6. The molecule has 3 rings (SSSR count). The first kappa shape index (κ1) is 28.6. The van der Waals surface area contributed by atoms with Crippen LogP contribution in [0.2, 0.25) is 0 Å². The lowest BCUT2D eigenvalue weighted by Gasteiger charge is -2.29. The Bertz CT molecular complexity index is 882. The van der Waals surface area contributed by atoms with Crippen molar-refractivity contribution in [3.05, 3.63) is 29.8 Å². The maximum absolute atomic E-state index is 13.4. The molecule has 1 aromatic rings. The topological polar surface area (TPSA) is 79.9 Å². The zero-order valence-electron chi connectivity index (χ0n) is 22.0. The van der Waals surface area contributed by atoms with Crippen LogP contribution < -0.4 is 15.4 Å². The molecule has 1 unspecified atom stereocenters. The highest BCUT2D eigenvalue weighted by Gasteiger charge is 2.38. The maximum Gasteiger partial charge on any atom is 0.411 e. The van der Waals surface area contributed by atoms with E-state index in [1.807, 2.05) is 45.0 Å². The summed E-state index contributed by atoms with van der Waals surface area (Å²) in [6.07, 6.45) is 7.74. The molecule has 1 aliphatic heterocycles. The van der Waals surface area contributed by atoms with E-state index in [1.54, 1.807) is 7.11 Å². The highest BCUT2D eigenvalue weighted by Crippen LogP contribution is 2.29. The largest absolute Gasteiger partial charge is 0.497 e. The molecule has 0 bridgehead atoms. The molecule has 2 atom stereocenters. The molecule has 36 heavy (non-hydrogen) atoms. The molecule has 0 aromatic heterocycles. The molecule has 2 amide bonds. The fraction of sp³-hybridized carbons (Fsp3) is 0.667. The fourth-order valence-electron chi connectivity index (χ4n) is 4.64. The van der Waals surface area contributed by atoms with Crippen molar-refractivity contribution < 1.29 is 19.1 Å². The minimum atomic E-state index is -0.610. The van der Waals surface area contributed by atoms with E-state index in [4.69, 9.17) is 21.7 Å². The van der Waals surface area contributed by atoms with Crippen molar-refractivity contribution in [1.29, 1.82) is 0 Å². The van der Waals surface area contributed by atoms with Crippen LogP contribution in [0.4, 0.5) is 4.79 Å². The quantitative estimate of drug-likeness (QED) is 0.417. The van der Waals surface area contributed by atoms with Gasteiger partial charge in [-0.2, -0.15) is 0 Å². The summed E-state index contributed by atoms with van der Waals surface area (Å²) in [5.74, 6) is 2.00. The molecule has 0 spiro atoms. The van der Waals surface area contributed by atoms with Crippen molar-refractivity contribution in [2.75, 3.05) is 19.4 Å². The first-order valence-corrected chi connectivity index (χ1v) is 14.4. The van der Waals surface area contributed by atoms with Crippen LogP contribution in [0.5, 0.6) is 5.75 Å². The van der Waals surface area contributed by atoms with E-state index in [0.29, 0.717) is 29.7 Å².